The summed E-state index contributed by atoms with van der Waals surface area (Å²) >= 11 is 0. The molecule has 1 saturated carbocycles. The molecule has 0 aromatic carbocycles. The minimum atomic E-state index is 0.192. The fourth-order valence-electron chi connectivity index (χ4n) is 2.28. The molecule has 16 heavy (non-hydrogen) atoms. The summed E-state index contributed by atoms with van der Waals surface area (Å²) in [5, 5.41) is 11.7. The molecular weight excluding hydrogens is 202 g/mol. The Morgan fingerprint density at radius 1 is 1.19 bits per heavy atom. The highest BCUT2D eigenvalue weighted by molar-refractivity contribution is 5.76. The van der Waals surface area contributed by atoms with E-state index in [1.807, 2.05) is 0 Å². The van der Waals surface area contributed by atoms with Gasteiger partial charge in [0.15, 0.2) is 0 Å². The fourth-order valence-corrected chi connectivity index (χ4v) is 2.28. The van der Waals surface area contributed by atoms with Crippen molar-refractivity contribution in [2.24, 2.45) is 5.92 Å². The summed E-state index contributed by atoms with van der Waals surface area (Å²) in [5.41, 5.74) is 0. The molecule has 0 bridgehead atoms. The van der Waals surface area contributed by atoms with Crippen molar-refractivity contribution in [2.45, 2.75) is 64.3 Å². The Kier molecular flexibility index (Phi) is 6.46. The van der Waals surface area contributed by atoms with E-state index in [1.165, 1.54) is 12.8 Å². The number of amides is 1. The zero-order chi connectivity index (χ0) is 11.8. The first kappa shape index (κ1) is 13.5. The van der Waals surface area contributed by atoms with Crippen molar-refractivity contribution in [3.05, 3.63) is 0 Å². The Hall–Kier alpha value is -0.570. The van der Waals surface area contributed by atoms with Gasteiger partial charge in [0.2, 0.25) is 5.91 Å². The summed E-state index contributed by atoms with van der Waals surface area (Å²) in [5.74, 6) is 1.02. The van der Waals surface area contributed by atoms with Gasteiger partial charge in [0.25, 0.3) is 0 Å². The predicted molar refractivity (Wildman–Crippen MR) is 65.1 cm³/mol. The highest BCUT2D eigenvalue weighted by Crippen LogP contribution is 2.23. The largest absolute Gasteiger partial charge is 0.396 e. The summed E-state index contributed by atoms with van der Waals surface area (Å²) in [6, 6.07) is 0.418. The van der Waals surface area contributed by atoms with Crippen LogP contribution in [-0.2, 0) is 4.79 Å². The number of aliphatic hydroxyl groups is 1. The van der Waals surface area contributed by atoms with Crippen molar-refractivity contribution in [1.82, 2.24) is 5.32 Å². The van der Waals surface area contributed by atoms with Crippen molar-refractivity contribution in [1.29, 1.82) is 0 Å². The number of carbonyl (C=O) groups is 1. The number of hydrogen-bond donors (Lipinski definition) is 2. The third-order valence-corrected chi connectivity index (χ3v) is 3.44. The molecule has 1 aliphatic carbocycles. The Morgan fingerprint density at radius 2 is 1.88 bits per heavy atom. The average molecular weight is 227 g/mol. The van der Waals surface area contributed by atoms with E-state index >= 15 is 0 Å². The summed E-state index contributed by atoms with van der Waals surface area (Å²) < 4.78 is 0. The molecule has 0 aromatic heterocycles. The van der Waals surface area contributed by atoms with Gasteiger partial charge in [0, 0.05) is 19.1 Å². The lowest BCUT2D eigenvalue weighted by molar-refractivity contribution is -0.122. The summed E-state index contributed by atoms with van der Waals surface area (Å²) in [6.45, 7) is 2.52. The fraction of sp³-hybridized carbons (Fsp3) is 0.923. The molecule has 2 N–H and O–H groups in total. The van der Waals surface area contributed by atoms with Gasteiger partial charge in [-0.05, 0) is 44.4 Å². The van der Waals surface area contributed by atoms with Crippen LogP contribution < -0.4 is 5.32 Å². The normalized spacial score (nSPS) is 25.4. The first-order valence-corrected chi connectivity index (χ1v) is 6.62. The minimum absolute atomic E-state index is 0.192. The first-order chi connectivity index (χ1) is 7.72. The van der Waals surface area contributed by atoms with Crippen LogP contribution in [0.2, 0.25) is 0 Å². The summed E-state index contributed by atoms with van der Waals surface area (Å²) in [7, 11) is 0. The van der Waals surface area contributed by atoms with Crippen LogP contribution in [0.25, 0.3) is 0 Å². The van der Waals surface area contributed by atoms with E-state index in [-0.39, 0.29) is 12.5 Å². The lowest BCUT2D eigenvalue weighted by atomic mass is 9.87. The monoisotopic (exact) mass is 227 g/mol. The van der Waals surface area contributed by atoms with Gasteiger partial charge in [-0.25, -0.2) is 0 Å². The number of carbonyl (C=O) groups excluding carboxylic acids is 1. The van der Waals surface area contributed by atoms with E-state index in [0.29, 0.717) is 12.5 Å². The number of hydrogen-bond acceptors (Lipinski definition) is 2. The van der Waals surface area contributed by atoms with Gasteiger partial charge in [0.1, 0.15) is 0 Å². The maximum absolute atomic E-state index is 11.6. The summed E-state index contributed by atoms with van der Waals surface area (Å²) in [4.78, 5) is 11.6. The van der Waals surface area contributed by atoms with Crippen LogP contribution >= 0.6 is 0 Å². The number of nitrogens with one attached hydrogen (secondary N) is 1. The zero-order valence-electron chi connectivity index (χ0n) is 10.4. The van der Waals surface area contributed by atoms with E-state index in [0.717, 1.165) is 38.0 Å². The van der Waals surface area contributed by atoms with Crippen LogP contribution in [0.3, 0.4) is 0 Å². The van der Waals surface area contributed by atoms with Gasteiger partial charge < -0.3 is 10.4 Å². The van der Waals surface area contributed by atoms with E-state index < -0.39 is 0 Å². The lowest BCUT2D eigenvalue weighted by Gasteiger charge is -2.26. The Morgan fingerprint density at radius 3 is 2.50 bits per heavy atom. The first-order valence-electron chi connectivity index (χ1n) is 6.62. The molecular formula is C13H25NO2. The molecule has 0 saturated heterocycles. The molecule has 0 radical (unpaired) electrons. The van der Waals surface area contributed by atoms with Crippen LogP contribution in [0.5, 0.6) is 0 Å². The highest BCUT2D eigenvalue weighted by Gasteiger charge is 2.19. The second-order valence-corrected chi connectivity index (χ2v) is 5.06. The molecule has 0 unspecified atom stereocenters. The molecule has 0 atom stereocenters. The molecule has 94 valence electrons. The second kappa shape index (κ2) is 7.66. The average Bonchev–Trinajstić information content (AvgIpc) is 2.28. The smallest absolute Gasteiger partial charge is 0.220 e. The van der Waals surface area contributed by atoms with Crippen LogP contribution in [0.15, 0.2) is 0 Å². The molecule has 1 aliphatic rings. The Balaban J connectivity index is 2.05. The Bertz CT molecular complexity index is 198. The Labute approximate surface area is 98.6 Å². The molecule has 0 aliphatic heterocycles. The number of aliphatic hydroxyl groups excluding tert-OH is 1. The van der Waals surface area contributed by atoms with E-state index in [1.54, 1.807) is 0 Å². The van der Waals surface area contributed by atoms with Crippen molar-refractivity contribution in [3.8, 4) is 0 Å². The minimum Gasteiger partial charge on any atom is -0.396 e. The molecule has 0 aromatic rings. The van der Waals surface area contributed by atoms with Crippen LogP contribution in [0.4, 0.5) is 0 Å². The van der Waals surface area contributed by atoms with Crippen molar-refractivity contribution in [3.63, 3.8) is 0 Å². The zero-order valence-corrected chi connectivity index (χ0v) is 10.4. The lowest BCUT2D eigenvalue weighted by Crippen LogP contribution is -2.37. The van der Waals surface area contributed by atoms with Crippen molar-refractivity contribution >= 4 is 5.91 Å². The van der Waals surface area contributed by atoms with Gasteiger partial charge >= 0.3 is 0 Å². The van der Waals surface area contributed by atoms with Gasteiger partial charge in [0.05, 0.1) is 0 Å². The maximum atomic E-state index is 11.6. The number of rotatable bonds is 6. The SMILES string of the molecule is CC1CCC(NC(=O)CCCCCO)CC1. The highest BCUT2D eigenvalue weighted by atomic mass is 16.2. The molecule has 1 fully saturated rings. The summed E-state index contributed by atoms with van der Waals surface area (Å²) in [6.07, 6.45) is 8.05. The van der Waals surface area contributed by atoms with Crippen LogP contribution in [0, 0.1) is 5.92 Å². The predicted octanol–water partition coefficient (Wildman–Crippen LogP) is 2.23. The molecule has 0 spiro atoms. The molecule has 3 heteroatoms. The number of unbranched alkanes of at least 4 members (excludes halogenated alkanes) is 2. The standard InChI is InChI=1S/C13H25NO2/c1-11-6-8-12(9-7-11)14-13(16)5-3-2-4-10-15/h11-12,15H,2-10H2,1H3,(H,14,16). The second-order valence-electron chi connectivity index (χ2n) is 5.06. The van der Waals surface area contributed by atoms with Crippen LogP contribution in [0.1, 0.15) is 58.3 Å². The van der Waals surface area contributed by atoms with Gasteiger partial charge in [-0.15, -0.1) is 0 Å². The van der Waals surface area contributed by atoms with Crippen molar-refractivity contribution in [2.75, 3.05) is 6.61 Å². The maximum Gasteiger partial charge on any atom is 0.220 e. The van der Waals surface area contributed by atoms with Crippen molar-refractivity contribution < 1.29 is 9.90 Å². The van der Waals surface area contributed by atoms with Gasteiger partial charge in [-0.1, -0.05) is 13.3 Å². The third-order valence-electron chi connectivity index (χ3n) is 3.44. The van der Waals surface area contributed by atoms with E-state index in [2.05, 4.69) is 12.2 Å². The third kappa shape index (κ3) is 5.50. The van der Waals surface area contributed by atoms with E-state index in [9.17, 15) is 4.79 Å². The molecule has 0 heterocycles. The van der Waals surface area contributed by atoms with Crippen LogP contribution in [-0.4, -0.2) is 23.7 Å². The molecule has 1 amide bonds. The molecule has 3 nitrogen and oxygen atoms in total. The molecule has 1 rings (SSSR count). The quantitative estimate of drug-likeness (QED) is 0.684. The van der Waals surface area contributed by atoms with Gasteiger partial charge in [-0.2, -0.15) is 0 Å². The van der Waals surface area contributed by atoms with E-state index in [4.69, 9.17) is 5.11 Å². The topological polar surface area (TPSA) is 49.3 Å². The van der Waals surface area contributed by atoms with Gasteiger partial charge in [-0.3, -0.25) is 4.79 Å².